The Balaban J connectivity index is 1.93. The summed E-state index contributed by atoms with van der Waals surface area (Å²) in [7, 11) is 0. The van der Waals surface area contributed by atoms with Gasteiger partial charge in [0.05, 0.1) is 10.2 Å². The van der Waals surface area contributed by atoms with E-state index in [-0.39, 0.29) is 5.75 Å². The first-order chi connectivity index (χ1) is 8.72. The van der Waals surface area contributed by atoms with Crippen molar-refractivity contribution in [3.63, 3.8) is 0 Å². The van der Waals surface area contributed by atoms with Crippen molar-refractivity contribution in [3.8, 4) is 5.75 Å². The molecule has 0 aliphatic rings. The van der Waals surface area contributed by atoms with Crippen LogP contribution in [0.4, 0.5) is 15.2 Å². The van der Waals surface area contributed by atoms with Gasteiger partial charge in [-0.3, -0.25) is 0 Å². The maximum absolute atomic E-state index is 13.2. The Morgan fingerprint density at radius 3 is 2.78 bits per heavy atom. The van der Waals surface area contributed by atoms with Crippen LogP contribution in [0.25, 0.3) is 10.2 Å². The molecule has 1 aromatic heterocycles. The Morgan fingerprint density at radius 2 is 2.00 bits per heavy atom. The molecule has 2 aromatic carbocycles. The molecule has 5 heteroatoms. The molecule has 0 amide bonds. The quantitative estimate of drug-likeness (QED) is 0.687. The molecular weight excluding hydrogens is 251 g/mol. The predicted molar refractivity (Wildman–Crippen MR) is 71.0 cm³/mol. The number of para-hydroxylation sites is 1. The van der Waals surface area contributed by atoms with Gasteiger partial charge in [-0.05, 0) is 24.3 Å². The van der Waals surface area contributed by atoms with Gasteiger partial charge in [-0.1, -0.05) is 23.5 Å². The van der Waals surface area contributed by atoms with Crippen molar-refractivity contribution >= 4 is 32.4 Å². The molecule has 0 atom stereocenters. The van der Waals surface area contributed by atoms with E-state index in [9.17, 15) is 4.39 Å². The molecule has 3 nitrogen and oxygen atoms in total. The second-order valence-electron chi connectivity index (χ2n) is 3.78. The lowest BCUT2D eigenvalue weighted by molar-refractivity contribution is 0.432. The van der Waals surface area contributed by atoms with Gasteiger partial charge in [0, 0.05) is 11.8 Å². The molecule has 0 spiro atoms. The fourth-order valence-electron chi connectivity index (χ4n) is 1.63. The Kier molecular flexibility index (Phi) is 2.60. The van der Waals surface area contributed by atoms with Gasteiger partial charge in [0.15, 0.2) is 16.7 Å². The average molecular weight is 260 g/mol. The van der Waals surface area contributed by atoms with Crippen molar-refractivity contribution < 1.29 is 9.50 Å². The summed E-state index contributed by atoms with van der Waals surface area (Å²) >= 11 is 1.49. The number of thiazole rings is 1. The zero-order chi connectivity index (χ0) is 12.5. The highest BCUT2D eigenvalue weighted by Gasteiger charge is 2.05. The maximum Gasteiger partial charge on any atom is 0.188 e. The molecular formula is C13H9FN2OS. The molecule has 0 aliphatic heterocycles. The van der Waals surface area contributed by atoms with Crippen LogP contribution in [-0.2, 0) is 0 Å². The highest BCUT2D eigenvalue weighted by molar-refractivity contribution is 7.22. The van der Waals surface area contributed by atoms with Crippen molar-refractivity contribution in [2.24, 2.45) is 0 Å². The third-order valence-electron chi connectivity index (χ3n) is 2.49. The highest BCUT2D eigenvalue weighted by atomic mass is 32.1. The number of phenolic OH excluding ortho intramolecular Hbond substituents is 1. The highest BCUT2D eigenvalue weighted by Crippen LogP contribution is 2.29. The summed E-state index contributed by atoms with van der Waals surface area (Å²) in [5.41, 5.74) is 1.47. The van der Waals surface area contributed by atoms with E-state index >= 15 is 0 Å². The Hall–Kier alpha value is -2.14. The summed E-state index contributed by atoms with van der Waals surface area (Å²) < 4.78 is 14.2. The summed E-state index contributed by atoms with van der Waals surface area (Å²) in [5.74, 6) is -1.01. The number of nitrogens with one attached hydrogen (secondary N) is 1. The van der Waals surface area contributed by atoms with Crippen LogP contribution >= 0.6 is 11.3 Å². The van der Waals surface area contributed by atoms with Crippen molar-refractivity contribution in [1.29, 1.82) is 0 Å². The van der Waals surface area contributed by atoms with E-state index in [0.29, 0.717) is 10.8 Å². The third-order valence-corrected chi connectivity index (χ3v) is 3.44. The first kappa shape index (κ1) is 11.0. The molecule has 0 fully saturated rings. The van der Waals surface area contributed by atoms with Crippen molar-refractivity contribution in [1.82, 2.24) is 4.98 Å². The molecule has 0 radical (unpaired) electrons. The predicted octanol–water partition coefficient (Wildman–Crippen LogP) is 3.88. The molecule has 1 heterocycles. The molecule has 18 heavy (non-hydrogen) atoms. The van der Waals surface area contributed by atoms with Crippen molar-refractivity contribution in [3.05, 3.63) is 48.3 Å². The van der Waals surface area contributed by atoms with Crippen LogP contribution in [0.1, 0.15) is 0 Å². The fourth-order valence-corrected chi connectivity index (χ4v) is 2.52. The van der Waals surface area contributed by atoms with E-state index in [0.717, 1.165) is 10.2 Å². The number of aromatic nitrogens is 1. The van der Waals surface area contributed by atoms with Crippen LogP contribution in [0.2, 0.25) is 0 Å². The van der Waals surface area contributed by atoms with Crippen LogP contribution in [-0.4, -0.2) is 10.1 Å². The minimum absolute atomic E-state index is 0.357. The molecule has 3 rings (SSSR count). The Bertz CT molecular complexity index is 678. The summed E-state index contributed by atoms with van der Waals surface area (Å²) in [4.78, 5) is 4.38. The molecule has 90 valence electrons. The van der Waals surface area contributed by atoms with Gasteiger partial charge in [0.25, 0.3) is 0 Å². The van der Waals surface area contributed by atoms with E-state index < -0.39 is 5.82 Å². The normalized spacial score (nSPS) is 10.7. The van der Waals surface area contributed by atoms with E-state index in [1.165, 1.54) is 23.5 Å². The lowest BCUT2D eigenvalue weighted by atomic mass is 10.3. The van der Waals surface area contributed by atoms with Crippen molar-refractivity contribution in [2.75, 3.05) is 5.32 Å². The minimum atomic E-state index is -0.652. The Labute approximate surface area is 107 Å². The molecule has 0 bridgehead atoms. The summed E-state index contributed by atoms with van der Waals surface area (Å²) in [6, 6.07) is 11.9. The zero-order valence-electron chi connectivity index (χ0n) is 9.22. The first-order valence-corrected chi connectivity index (χ1v) is 6.15. The van der Waals surface area contributed by atoms with E-state index in [1.54, 1.807) is 6.07 Å². The van der Waals surface area contributed by atoms with Crippen LogP contribution in [0.5, 0.6) is 5.75 Å². The van der Waals surface area contributed by atoms with Crippen LogP contribution in [0.3, 0.4) is 0 Å². The second kappa shape index (κ2) is 4.27. The number of benzene rings is 2. The lowest BCUT2D eigenvalue weighted by Gasteiger charge is -2.02. The number of aromatic hydroxyl groups is 1. The van der Waals surface area contributed by atoms with Gasteiger partial charge in [-0.15, -0.1) is 0 Å². The molecule has 3 aromatic rings. The van der Waals surface area contributed by atoms with Gasteiger partial charge < -0.3 is 10.4 Å². The second-order valence-corrected chi connectivity index (χ2v) is 4.81. The summed E-state index contributed by atoms with van der Waals surface area (Å²) in [5, 5.41) is 12.8. The molecule has 0 saturated heterocycles. The number of hydrogen-bond acceptors (Lipinski definition) is 4. The topological polar surface area (TPSA) is 45.1 Å². The molecule has 0 aliphatic carbocycles. The van der Waals surface area contributed by atoms with Crippen molar-refractivity contribution in [2.45, 2.75) is 0 Å². The van der Waals surface area contributed by atoms with E-state index in [4.69, 9.17) is 5.11 Å². The van der Waals surface area contributed by atoms with Gasteiger partial charge in [0.1, 0.15) is 0 Å². The van der Waals surface area contributed by atoms with Crippen LogP contribution in [0.15, 0.2) is 42.5 Å². The molecule has 0 unspecified atom stereocenters. The number of nitrogens with zero attached hydrogens (tertiary/aromatic N) is 1. The summed E-state index contributed by atoms with van der Waals surface area (Å²) in [6.07, 6.45) is 0. The smallest absolute Gasteiger partial charge is 0.188 e. The van der Waals surface area contributed by atoms with Gasteiger partial charge >= 0.3 is 0 Å². The van der Waals surface area contributed by atoms with Gasteiger partial charge in [-0.2, -0.15) is 0 Å². The van der Waals surface area contributed by atoms with E-state index in [1.807, 2.05) is 24.3 Å². The number of halogens is 1. The van der Waals surface area contributed by atoms with Gasteiger partial charge in [0.2, 0.25) is 0 Å². The van der Waals surface area contributed by atoms with Gasteiger partial charge in [-0.25, -0.2) is 9.37 Å². The number of rotatable bonds is 2. The standard InChI is InChI=1S/C13H9FN2OS/c14-9-7-8(5-6-11(9)17)15-13-16-10-3-1-2-4-12(10)18-13/h1-7,17H,(H,15,16). The number of phenols is 1. The Morgan fingerprint density at radius 1 is 1.17 bits per heavy atom. The zero-order valence-corrected chi connectivity index (χ0v) is 10.0. The monoisotopic (exact) mass is 260 g/mol. The minimum Gasteiger partial charge on any atom is -0.505 e. The third kappa shape index (κ3) is 2.00. The lowest BCUT2D eigenvalue weighted by Crippen LogP contribution is -1.89. The molecule has 2 N–H and O–H groups in total. The summed E-state index contributed by atoms with van der Waals surface area (Å²) in [6.45, 7) is 0. The number of fused-ring (bicyclic) bond motifs is 1. The largest absolute Gasteiger partial charge is 0.505 e. The SMILES string of the molecule is Oc1ccc(Nc2nc3ccccc3s2)cc1F. The maximum atomic E-state index is 13.2. The molecule has 0 saturated carbocycles. The van der Waals surface area contributed by atoms with Crippen LogP contribution < -0.4 is 5.32 Å². The van der Waals surface area contributed by atoms with E-state index in [2.05, 4.69) is 10.3 Å². The van der Waals surface area contributed by atoms with Crippen LogP contribution in [0, 0.1) is 5.82 Å². The number of anilines is 2. The first-order valence-electron chi connectivity index (χ1n) is 5.33. The number of hydrogen-bond donors (Lipinski definition) is 2. The fraction of sp³-hybridized carbons (Fsp3) is 0. The average Bonchev–Trinajstić information content (AvgIpc) is 2.76.